The van der Waals surface area contributed by atoms with Gasteiger partial charge in [0, 0.05) is 5.56 Å². The molecule has 0 aromatic heterocycles. The van der Waals surface area contributed by atoms with Gasteiger partial charge in [-0.05, 0) is 22.4 Å². The maximum atomic E-state index is 2.26. The van der Waals surface area contributed by atoms with Crippen LogP contribution in [0.5, 0.6) is 0 Å². The van der Waals surface area contributed by atoms with Gasteiger partial charge in [0.25, 0.3) is 0 Å². The van der Waals surface area contributed by atoms with Crippen LogP contribution in [-0.4, -0.2) is 13.6 Å². The van der Waals surface area contributed by atoms with Crippen LogP contribution in [0.4, 0.5) is 0 Å². The molecule has 0 spiro atoms. The molecule has 0 heterocycles. The quantitative estimate of drug-likeness (QED) is 0.732. The van der Waals surface area contributed by atoms with E-state index in [2.05, 4.69) is 92.0 Å². The molecule has 1 heteroatoms. The zero-order valence-electron chi connectivity index (χ0n) is 13.0. The van der Waals surface area contributed by atoms with Gasteiger partial charge >= 0.3 is 0 Å². The molecule has 1 unspecified atom stereocenters. The van der Waals surface area contributed by atoms with Gasteiger partial charge in [0.15, 0.2) is 0 Å². The first-order valence-corrected chi connectivity index (χ1v) is 7.82. The van der Waals surface area contributed by atoms with Crippen molar-refractivity contribution in [3.05, 3.63) is 90.0 Å². The molecule has 1 N–H and O–H groups in total. The fourth-order valence-electron chi connectivity index (χ4n) is 2.80. The first-order valence-electron chi connectivity index (χ1n) is 7.82. The van der Waals surface area contributed by atoms with Crippen LogP contribution in [-0.2, 0) is 6.54 Å². The lowest BCUT2D eigenvalue weighted by Gasteiger charge is -2.13. The van der Waals surface area contributed by atoms with Crippen LogP contribution in [0, 0.1) is 0 Å². The van der Waals surface area contributed by atoms with E-state index in [-0.39, 0.29) is 0 Å². The van der Waals surface area contributed by atoms with Crippen LogP contribution >= 0.6 is 0 Å². The Balaban J connectivity index is 1.66. The van der Waals surface area contributed by atoms with Gasteiger partial charge in [-0.1, -0.05) is 78.9 Å². The molecule has 0 aliphatic rings. The molecule has 3 aromatic carbocycles. The first-order chi connectivity index (χ1) is 10.8. The number of hydrogen-bond acceptors (Lipinski definition) is 0. The highest BCUT2D eigenvalue weighted by Crippen LogP contribution is 2.17. The number of rotatable bonds is 5. The third kappa shape index (κ3) is 3.63. The van der Waals surface area contributed by atoms with Crippen LogP contribution < -0.4 is 4.90 Å². The van der Waals surface area contributed by atoms with Gasteiger partial charge in [0.1, 0.15) is 6.54 Å². The SMILES string of the molecule is C[NH+](C/C=C/c1ccccc1)Cc1cccc2ccccc12. The normalized spacial score (nSPS) is 12.8. The van der Waals surface area contributed by atoms with Crippen LogP contribution in [0.25, 0.3) is 16.8 Å². The smallest absolute Gasteiger partial charge is 0.103 e. The molecule has 0 amide bonds. The molecule has 1 atom stereocenters. The summed E-state index contributed by atoms with van der Waals surface area (Å²) < 4.78 is 0. The van der Waals surface area contributed by atoms with Gasteiger partial charge in [-0.2, -0.15) is 0 Å². The van der Waals surface area contributed by atoms with E-state index < -0.39 is 0 Å². The standard InChI is InChI=1S/C21H21N/c1-22(16-8-11-18-9-3-2-4-10-18)17-20-14-7-13-19-12-5-6-15-21(19)20/h2-15H,16-17H2,1H3/p+1/b11-8+. The number of quaternary nitrogens is 1. The Labute approximate surface area is 132 Å². The third-order valence-corrected chi connectivity index (χ3v) is 3.95. The minimum Gasteiger partial charge on any atom is -0.330 e. The summed E-state index contributed by atoms with van der Waals surface area (Å²) in [6.07, 6.45) is 4.46. The topological polar surface area (TPSA) is 4.44 Å². The predicted octanol–water partition coefficient (Wildman–Crippen LogP) is 3.57. The van der Waals surface area contributed by atoms with E-state index >= 15 is 0 Å². The Bertz CT molecular complexity index is 754. The van der Waals surface area contributed by atoms with Gasteiger partial charge in [-0.15, -0.1) is 0 Å². The van der Waals surface area contributed by atoms with E-state index in [9.17, 15) is 0 Å². The second-order valence-electron chi connectivity index (χ2n) is 5.79. The van der Waals surface area contributed by atoms with Crippen molar-refractivity contribution < 1.29 is 4.90 Å². The summed E-state index contributed by atoms with van der Waals surface area (Å²) in [5, 5.41) is 2.70. The fraction of sp³-hybridized carbons (Fsp3) is 0.143. The van der Waals surface area contributed by atoms with E-state index in [0.717, 1.165) is 13.1 Å². The van der Waals surface area contributed by atoms with E-state index in [4.69, 9.17) is 0 Å². The molecule has 22 heavy (non-hydrogen) atoms. The Morgan fingerprint density at radius 2 is 1.55 bits per heavy atom. The Morgan fingerprint density at radius 3 is 2.41 bits per heavy atom. The zero-order valence-corrected chi connectivity index (χ0v) is 13.0. The highest BCUT2D eigenvalue weighted by atomic mass is 15.1. The van der Waals surface area contributed by atoms with Gasteiger partial charge in [0.05, 0.1) is 13.6 Å². The summed E-state index contributed by atoms with van der Waals surface area (Å²) in [6, 6.07) is 25.7. The molecular formula is C21H22N+. The zero-order chi connectivity index (χ0) is 15.2. The van der Waals surface area contributed by atoms with Crippen molar-refractivity contribution in [1.29, 1.82) is 0 Å². The highest BCUT2D eigenvalue weighted by molar-refractivity contribution is 5.85. The molecule has 3 aromatic rings. The second kappa shape index (κ2) is 7.06. The average Bonchev–Trinajstić information content (AvgIpc) is 2.56. The number of nitrogens with one attached hydrogen (secondary N) is 1. The third-order valence-electron chi connectivity index (χ3n) is 3.95. The number of fused-ring (bicyclic) bond motifs is 1. The van der Waals surface area contributed by atoms with Crippen molar-refractivity contribution in [1.82, 2.24) is 0 Å². The molecule has 0 radical (unpaired) electrons. The summed E-state index contributed by atoms with van der Waals surface area (Å²) in [6.45, 7) is 2.07. The predicted molar refractivity (Wildman–Crippen MR) is 94.9 cm³/mol. The summed E-state index contributed by atoms with van der Waals surface area (Å²) in [4.78, 5) is 1.49. The number of hydrogen-bond donors (Lipinski definition) is 1. The number of likely N-dealkylation sites (N-methyl/N-ethyl adjacent to an activating group) is 1. The molecular weight excluding hydrogens is 266 g/mol. The highest BCUT2D eigenvalue weighted by Gasteiger charge is 2.05. The summed E-state index contributed by atoms with van der Waals surface area (Å²) in [7, 11) is 2.25. The lowest BCUT2D eigenvalue weighted by atomic mass is 10.0. The summed E-state index contributed by atoms with van der Waals surface area (Å²) in [5.41, 5.74) is 2.68. The molecule has 0 aliphatic carbocycles. The first kappa shape index (κ1) is 14.6. The van der Waals surface area contributed by atoms with E-state index in [1.807, 2.05) is 0 Å². The van der Waals surface area contributed by atoms with Crippen molar-refractivity contribution in [3.63, 3.8) is 0 Å². The lowest BCUT2D eigenvalue weighted by Crippen LogP contribution is -3.07. The van der Waals surface area contributed by atoms with E-state index in [1.165, 1.54) is 26.8 Å². The van der Waals surface area contributed by atoms with Crippen molar-refractivity contribution in [2.75, 3.05) is 13.6 Å². The largest absolute Gasteiger partial charge is 0.330 e. The molecule has 0 aliphatic heterocycles. The van der Waals surface area contributed by atoms with Crippen molar-refractivity contribution in [3.8, 4) is 0 Å². The average molecular weight is 288 g/mol. The molecule has 110 valence electrons. The van der Waals surface area contributed by atoms with Crippen LogP contribution in [0.1, 0.15) is 11.1 Å². The monoisotopic (exact) mass is 288 g/mol. The molecule has 0 saturated carbocycles. The van der Waals surface area contributed by atoms with Gasteiger partial charge < -0.3 is 4.90 Å². The molecule has 0 fully saturated rings. The maximum absolute atomic E-state index is 2.26. The number of benzene rings is 3. The van der Waals surface area contributed by atoms with Crippen molar-refractivity contribution >= 4 is 16.8 Å². The van der Waals surface area contributed by atoms with Crippen molar-refractivity contribution in [2.24, 2.45) is 0 Å². The van der Waals surface area contributed by atoms with Gasteiger partial charge in [-0.25, -0.2) is 0 Å². The molecule has 3 rings (SSSR count). The molecule has 1 nitrogen and oxygen atoms in total. The molecule has 0 bridgehead atoms. The molecule has 0 saturated heterocycles. The Kier molecular flexibility index (Phi) is 4.67. The Morgan fingerprint density at radius 1 is 0.818 bits per heavy atom. The van der Waals surface area contributed by atoms with Crippen LogP contribution in [0.2, 0.25) is 0 Å². The summed E-state index contributed by atoms with van der Waals surface area (Å²) in [5.74, 6) is 0. The van der Waals surface area contributed by atoms with E-state index in [0.29, 0.717) is 0 Å². The second-order valence-corrected chi connectivity index (χ2v) is 5.79. The fourth-order valence-corrected chi connectivity index (χ4v) is 2.80. The van der Waals surface area contributed by atoms with Crippen molar-refractivity contribution in [2.45, 2.75) is 6.54 Å². The maximum Gasteiger partial charge on any atom is 0.103 e. The van der Waals surface area contributed by atoms with Gasteiger partial charge in [-0.3, -0.25) is 0 Å². The minimum absolute atomic E-state index is 1.03. The van der Waals surface area contributed by atoms with Crippen LogP contribution in [0.15, 0.2) is 78.9 Å². The van der Waals surface area contributed by atoms with Gasteiger partial charge in [0.2, 0.25) is 0 Å². The lowest BCUT2D eigenvalue weighted by molar-refractivity contribution is -0.887. The Hall–Kier alpha value is -2.38. The summed E-state index contributed by atoms with van der Waals surface area (Å²) >= 11 is 0. The minimum atomic E-state index is 1.03. The van der Waals surface area contributed by atoms with Crippen LogP contribution in [0.3, 0.4) is 0 Å². The van der Waals surface area contributed by atoms with E-state index in [1.54, 1.807) is 0 Å².